The zero-order valence-electron chi connectivity index (χ0n) is 12.8. The fourth-order valence-electron chi connectivity index (χ4n) is 2.16. The number of aromatic carboxylic acids is 1. The van der Waals surface area contributed by atoms with Crippen LogP contribution in [0.25, 0.3) is 0 Å². The third-order valence-corrected chi connectivity index (χ3v) is 3.47. The van der Waals surface area contributed by atoms with Crippen LogP contribution in [0.1, 0.15) is 49.9 Å². The number of hydrogen-bond donors (Lipinski definition) is 2. The van der Waals surface area contributed by atoms with Gasteiger partial charge in [-0.15, -0.1) is 0 Å². The Balaban J connectivity index is 2.82. The minimum atomic E-state index is -1.06. The lowest BCUT2D eigenvalue weighted by atomic mass is 9.98. The molecule has 21 heavy (non-hydrogen) atoms. The average molecular weight is 293 g/mol. The molecule has 0 fully saturated rings. The van der Waals surface area contributed by atoms with Gasteiger partial charge in [-0.05, 0) is 25.0 Å². The number of amides is 1. The van der Waals surface area contributed by atoms with E-state index in [1.807, 2.05) is 6.92 Å². The van der Waals surface area contributed by atoms with Crippen molar-refractivity contribution in [2.45, 2.75) is 39.5 Å². The first-order valence-corrected chi connectivity index (χ1v) is 7.25. The van der Waals surface area contributed by atoms with E-state index in [2.05, 4.69) is 12.2 Å². The Morgan fingerprint density at radius 1 is 1.33 bits per heavy atom. The second kappa shape index (κ2) is 8.29. The maximum atomic E-state index is 12.2. The van der Waals surface area contributed by atoms with Crippen molar-refractivity contribution in [1.29, 1.82) is 0 Å². The van der Waals surface area contributed by atoms with Crippen molar-refractivity contribution in [2.24, 2.45) is 5.92 Å². The van der Waals surface area contributed by atoms with Crippen molar-refractivity contribution in [2.75, 3.05) is 12.4 Å². The summed E-state index contributed by atoms with van der Waals surface area (Å²) in [7, 11) is 1.41. The molecule has 116 valence electrons. The van der Waals surface area contributed by atoms with Crippen LogP contribution < -0.4 is 10.1 Å². The minimum Gasteiger partial charge on any atom is -0.496 e. The fraction of sp³-hybridized carbons (Fsp3) is 0.500. The minimum absolute atomic E-state index is 0.0184. The standard InChI is InChI=1S/C16H23NO4/c1-4-6-7-11(5-2)15(18)17-12-8-9-13(16(19)20)14(10-12)21-3/h8-11H,4-7H2,1-3H3,(H,17,18)(H,19,20). The molecule has 1 aromatic carbocycles. The Hall–Kier alpha value is -2.04. The van der Waals surface area contributed by atoms with Gasteiger partial charge in [0.2, 0.25) is 5.91 Å². The topological polar surface area (TPSA) is 75.6 Å². The summed E-state index contributed by atoms with van der Waals surface area (Å²) in [6.45, 7) is 4.09. The Kier molecular flexibility index (Phi) is 6.72. The van der Waals surface area contributed by atoms with E-state index < -0.39 is 5.97 Å². The molecule has 1 atom stereocenters. The molecule has 0 spiro atoms. The first-order chi connectivity index (χ1) is 10.0. The summed E-state index contributed by atoms with van der Waals surface area (Å²) >= 11 is 0. The molecule has 1 rings (SSSR count). The van der Waals surface area contributed by atoms with Crippen molar-refractivity contribution in [3.8, 4) is 5.75 Å². The van der Waals surface area contributed by atoms with E-state index in [9.17, 15) is 9.59 Å². The molecule has 0 radical (unpaired) electrons. The van der Waals surface area contributed by atoms with Crippen LogP contribution in [-0.4, -0.2) is 24.1 Å². The number of carboxylic acids is 1. The van der Waals surface area contributed by atoms with Crippen molar-refractivity contribution in [3.05, 3.63) is 23.8 Å². The summed E-state index contributed by atoms with van der Waals surface area (Å²) in [6, 6.07) is 4.55. The molecule has 1 amide bonds. The van der Waals surface area contributed by atoms with Gasteiger partial charge in [0.1, 0.15) is 11.3 Å². The molecule has 1 unspecified atom stereocenters. The number of unbranched alkanes of at least 4 members (excludes halogenated alkanes) is 1. The van der Waals surface area contributed by atoms with Gasteiger partial charge >= 0.3 is 5.97 Å². The number of hydrogen-bond acceptors (Lipinski definition) is 3. The van der Waals surface area contributed by atoms with Crippen molar-refractivity contribution in [3.63, 3.8) is 0 Å². The lowest BCUT2D eigenvalue weighted by Crippen LogP contribution is -2.22. The van der Waals surface area contributed by atoms with Crippen molar-refractivity contribution < 1.29 is 19.4 Å². The summed E-state index contributed by atoms with van der Waals surface area (Å²) in [5.74, 6) is -0.868. The van der Waals surface area contributed by atoms with Gasteiger partial charge in [0.15, 0.2) is 0 Å². The molecule has 0 bridgehead atoms. The molecule has 0 aliphatic rings. The zero-order chi connectivity index (χ0) is 15.8. The molecule has 0 heterocycles. The van der Waals surface area contributed by atoms with Crippen LogP contribution in [0.5, 0.6) is 5.75 Å². The van der Waals surface area contributed by atoms with Gasteiger partial charge in [-0.25, -0.2) is 4.79 Å². The smallest absolute Gasteiger partial charge is 0.339 e. The van der Waals surface area contributed by atoms with Gasteiger partial charge in [0.05, 0.1) is 7.11 Å². The molecule has 0 aliphatic carbocycles. The van der Waals surface area contributed by atoms with Crippen LogP contribution in [0.3, 0.4) is 0 Å². The highest BCUT2D eigenvalue weighted by Gasteiger charge is 2.17. The van der Waals surface area contributed by atoms with Crippen LogP contribution >= 0.6 is 0 Å². The van der Waals surface area contributed by atoms with E-state index >= 15 is 0 Å². The molecule has 1 aromatic rings. The van der Waals surface area contributed by atoms with Crippen molar-refractivity contribution >= 4 is 17.6 Å². The number of carboxylic acid groups (broad SMARTS) is 1. The highest BCUT2D eigenvalue weighted by Crippen LogP contribution is 2.24. The van der Waals surface area contributed by atoms with Crippen molar-refractivity contribution in [1.82, 2.24) is 0 Å². The maximum absolute atomic E-state index is 12.2. The second-order valence-corrected chi connectivity index (χ2v) is 4.96. The van der Waals surface area contributed by atoms with Gasteiger partial charge in [-0.3, -0.25) is 4.79 Å². The molecule has 5 heteroatoms. The van der Waals surface area contributed by atoms with Gasteiger partial charge in [0.25, 0.3) is 0 Å². The van der Waals surface area contributed by atoms with Crippen LogP contribution in [-0.2, 0) is 4.79 Å². The second-order valence-electron chi connectivity index (χ2n) is 4.96. The molecule has 0 saturated carbocycles. The molecule has 0 aliphatic heterocycles. The number of ether oxygens (including phenoxy) is 1. The quantitative estimate of drug-likeness (QED) is 0.768. The zero-order valence-corrected chi connectivity index (χ0v) is 12.8. The lowest BCUT2D eigenvalue weighted by molar-refractivity contribution is -0.120. The number of rotatable bonds is 8. The van der Waals surface area contributed by atoms with Gasteiger partial charge in [-0.1, -0.05) is 26.7 Å². The third kappa shape index (κ3) is 4.77. The molecular formula is C16H23NO4. The molecular weight excluding hydrogens is 270 g/mol. The maximum Gasteiger partial charge on any atom is 0.339 e. The van der Waals surface area contributed by atoms with Crippen LogP contribution in [0, 0.1) is 5.92 Å². The predicted molar refractivity (Wildman–Crippen MR) is 81.9 cm³/mol. The Morgan fingerprint density at radius 3 is 2.57 bits per heavy atom. The van der Waals surface area contributed by atoms with Crippen LogP contribution in [0.15, 0.2) is 18.2 Å². The average Bonchev–Trinajstić information content (AvgIpc) is 2.47. The Labute approximate surface area is 125 Å². The summed E-state index contributed by atoms with van der Waals surface area (Å²) < 4.78 is 5.05. The number of methoxy groups -OCH3 is 1. The first-order valence-electron chi connectivity index (χ1n) is 7.25. The first kappa shape index (κ1) is 17.0. The highest BCUT2D eigenvalue weighted by molar-refractivity contribution is 5.95. The Morgan fingerprint density at radius 2 is 2.05 bits per heavy atom. The summed E-state index contributed by atoms with van der Waals surface area (Å²) in [4.78, 5) is 23.2. The van der Waals surface area contributed by atoms with Gasteiger partial charge in [0, 0.05) is 17.7 Å². The summed E-state index contributed by atoms with van der Waals surface area (Å²) in [5.41, 5.74) is 0.630. The van der Waals surface area contributed by atoms with Crippen LogP contribution in [0.4, 0.5) is 5.69 Å². The normalized spacial score (nSPS) is 11.8. The number of carbonyl (C=O) groups excluding carboxylic acids is 1. The predicted octanol–water partition coefficient (Wildman–Crippen LogP) is 3.55. The van der Waals surface area contributed by atoms with E-state index in [-0.39, 0.29) is 23.1 Å². The van der Waals surface area contributed by atoms with E-state index in [0.29, 0.717) is 5.69 Å². The largest absolute Gasteiger partial charge is 0.496 e. The molecule has 5 nitrogen and oxygen atoms in total. The number of benzene rings is 1. The molecule has 0 saturated heterocycles. The van der Waals surface area contributed by atoms with Gasteiger partial charge in [-0.2, -0.15) is 0 Å². The summed E-state index contributed by atoms with van der Waals surface area (Å²) in [5, 5.41) is 11.9. The Bertz CT molecular complexity index is 499. The van der Waals surface area contributed by atoms with E-state index in [1.165, 1.54) is 19.2 Å². The number of anilines is 1. The van der Waals surface area contributed by atoms with E-state index in [0.717, 1.165) is 25.7 Å². The molecule has 0 aromatic heterocycles. The summed E-state index contributed by atoms with van der Waals surface area (Å²) in [6.07, 6.45) is 3.73. The number of nitrogens with one attached hydrogen (secondary N) is 1. The highest BCUT2D eigenvalue weighted by atomic mass is 16.5. The lowest BCUT2D eigenvalue weighted by Gasteiger charge is -2.15. The fourth-order valence-corrected chi connectivity index (χ4v) is 2.16. The third-order valence-electron chi connectivity index (χ3n) is 3.47. The van der Waals surface area contributed by atoms with Gasteiger partial charge < -0.3 is 15.2 Å². The van der Waals surface area contributed by atoms with E-state index in [1.54, 1.807) is 6.07 Å². The molecule has 2 N–H and O–H groups in total. The van der Waals surface area contributed by atoms with Crippen LogP contribution in [0.2, 0.25) is 0 Å². The SMILES string of the molecule is CCCCC(CC)C(=O)Nc1ccc(C(=O)O)c(OC)c1. The number of carbonyl (C=O) groups is 2. The van der Waals surface area contributed by atoms with E-state index in [4.69, 9.17) is 9.84 Å². The monoisotopic (exact) mass is 293 g/mol.